The molecule has 19 heavy (non-hydrogen) atoms. The van der Waals surface area contributed by atoms with E-state index in [1.807, 2.05) is 13.8 Å². The van der Waals surface area contributed by atoms with E-state index >= 15 is 0 Å². The third-order valence-corrected chi connectivity index (χ3v) is 2.32. The highest BCUT2D eigenvalue weighted by atomic mass is 19.1. The van der Waals surface area contributed by atoms with Crippen molar-refractivity contribution in [2.24, 2.45) is 0 Å². The quantitative estimate of drug-likeness (QED) is 0.886. The maximum Gasteiger partial charge on any atom is 0.242 e. The molecular formula is C13H15FN4O. The molecule has 0 bridgehead atoms. The van der Waals surface area contributed by atoms with Gasteiger partial charge < -0.3 is 15.8 Å². The van der Waals surface area contributed by atoms with Crippen LogP contribution in [0.4, 0.5) is 21.6 Å². The Morgan fingerprint density at radius 1 is 1.26 bits per heavy atom. The highest BCUT2D eigenvalue weighted by Gasteiger charge is 2.12. The van der Waals surface area contributed by atoms with Gasteiger partial charge in [0.15, 0.2) is 5.82 Å². The number of nitrogens with one attached hydrogen (secondary N) is 1. The fraction of sp³-hybridized carbons (Fsp3) is 0.231. The molecule has 2 rings (SSSR count). The molecule has 1 aromatic heterocycles. The van der Waals surface area contributed by atoms with Crippen molar-refractivity contribution in [2.45, 2.75) is 20.0 Å². The van der Waals surface area contributed by atoms with E-state index in [9.17, 15) is 4.39 Å². The molecule has 3 N–H and O–H groups in total. The SMILES string of the molecule is CC(C)Oc1ncnc(Nc2ccccc2F)c1N. The first-order chi connectivity index (χ1) is 9.08. The zero-order valence-electron chi connectivity index (χ0n) is 10.7. The molecule has 0 fully saturated rings. The van der Waals surface area contributed by atoms with Gasteiger partial charge in [-0.25, -0.2) is 9.37 Å². The van der Waals surface area contributed by atoms with Gasteiger partial charge in [0, 0.05) is 0 Å². The lowest BCUT2D eigenvalue weighted by molar-refractivity contribution is 0.234. The fourth-order valence-electron chi connectivity index (χ4n) is 1.49. The molecule has 0 atom stereocenters. The second kappa shape index (κ2) is 5.51. The number of hydrogen-bond acceptors (Lipinski definition) is 5. The summed E-state index contributed by atoms with van der Waals surface area (Å²) in [6, 6.07) is 6.27. The van der Waals surface area contributed by atoms with Crippen LogP contribution in [-0.2, 0) is 0 Å². The van der Waals surface area contributed by atoms with E-state index < -0.39 is 0 Å². The lowest BCUT2D eigenvalue weighted by Crippen LogP contribution is -2.11. The molecule has 0 spiro atoms. The summed E-state index contributed by atoms with van der Waals surface area (Å²) in [5.74, 6) is 0.214. The molecule has 2 aromatic rings. The Hall–Kier alpha value is -2.37. The van der Waals surface area contributed by atoms with Gasteiger partial charge >= 0.3 is 0 Å². The van der Waals surface area contributed by atoms with Crippen LogP contribution in [0.3, 0.4) is 0 Å². The van der Waals surface area contributed by atoms with Crippen LogP contribution in [0.1, 0.15) is 13.8 Å². The Morgan fingerprint density at radius 3 is 2.68 bits per heavy atom. The van der Waals surface area contributed by atoms with Crippen LogP contribution in [0.25, 0.3) is 0 Å². The van der Waals surface area contributed by atoms with Crippen LogP contribution in [0.5, 0.6) is 5.88 Å². The predicted molar refractivity (Wildman–Crippen MR) is 71.9 cm³/mol. The number of hydrogen-bond donors (Lipinski definition) is 2. The van der Waals surface area contributed by atoms with Crippen LogP contribution < -0.4 is 15.8 Å². The van der Waals surface area contributed by atoms with Gasteiger partial charge in [0.05, 0.1) is 11.8 Å². The van der Waals surface area contributed by atoms with Gasteiger partial charge in [-0.15, -0.1) is 0 Å². The zero-order chi connectivity index (χ0) is 13.8. The van der Waals surface area contributed by atoms with Crippen molar-refractivity contribution in [3.05, 3.63) is 36.4 Å². The van der Waals surface area contributed by atoms with Crippen molar-refractivity contribution in [1.82, 2.24) is 9.97 Å². The van der Waals surface area contributed by atoms with Gasteiger partial charge in [-0.3, -0.25) is 0 Å². The van der Waals surface area contributed by atoms with E-state index in [0.29, 0.717) is 11.5 Å². The number of halogens is 1. The smallest absolute Gasteiger partial charge is 0.242 e. The minimum absolute atomic E-state index is 0.0569. The molecule has 0 saturated heterocycles. The number of rotatable bonds is 4. The third-order valence-electron chi connectivity index (χ3n) is 2.32. The van der Waals surface area contributed by atoms with Crippen molar-refractivity contribution < 1.29 is 9.13 Å². The normalized spacial score (nSPS) is 10.5. The van der Waals surface area contributed by atoms with Crippen LogP contribution in [0, 0.1) is 5.82 Å². The Kier molecular flexibility index (Phi) is 3.79. The first kappa shape index (κ1) is 13.1. The molecule has 0 amide bonds. The standard InChI is InChI=1S/C13H15FN4O/c1-8(2)19-13-11(15)12(16-7-17-13)18-10-6-4-3-5-9(10)14/h3-8H,15H2,1-2H3,(H,16,17,18). The van der Waals surface area contributed by atoms with Crippen molar-refractivity contribution >= 4 is 17.2 Å². The van der Waals surface area contributed by atoms with Gasteiger partial charge in [0.25, 0.3) is 0 Å². The predicted octanol–water partition coefficient (Wildman–Crippen LogP) is 2.73. The summed E-state index contributed by atoms with van der Waals surface area (Å²) < 4.78 is 19.0. The van der Waals surface area contributed by atoms with Gasteiger partial charge in [-0.05, 0) is 26.0 Å². The van der Waals surface area contributed by atoms with E-state index in [0.717, 1.165) is 0 Å². The molecule has 0 aliphatic heterocycles. The van der Waals surface area contributed by atoms with Crippen LogP contribution in [0.15, 0.2) is 30.6 Å². The average molecular weight is 262 g/mol. The van der Waals surface area contributed by atoms with Crippen LogP contribution >= 0.6 is 0 Å². The zero-order valence-corrected chi connectivity index (χ0v) is 10.7. The molecule has 100 valence electrons. The summed E-state index contributed by atoms with van der Waals surface area (Å²) in [5, 5.41) is 2.82. The van der Waals surface area contributed by atoms with Gasteiger partial charge in [0.1, 0.15) is 17.8 Å². The molecule has 1 heterocycles. The molecule has 6 heteroatoms. The first-order valence-corrected chi connectivity index (χ1v) is 5.86. The number of para-hydroxylation sites is 1. The second-order valence-corrected chi connectivity index (χ2v) is 4.21. The summed E-state index contributed by atoms with van der Waals surface area (Å²) >= 11 is 0. The van der Waals surface area contributed by atoms with E-state index in [2.05, 4.69) is 15.3 Å². The van der Waals surface area contributed by atoms with Crippen LogP contribution in [0.2, 0.25) is 0 Å². The summed E-state index contributed by atoms with van der Waals surface area (Å²) in [6.07, 6.45) is 1.26. The lowest BCUT2D eigenvalue weighted by Gasteiger charge is -2.13. The maximum absolute atomic E-state index is 13.5. The largest absolute Gasteiger partial charge is 0.473 e. The summed E-state index contributed by atoms with van der Waals surface area (Å²) in [4.78, 5) is 7.94. The van der Waals surface area contributed by atoms with E-state index in [1.165, 1.54) is 12.4 Å². The Bertz CT molecular complexity index is 574. The molecule has 1 aromatic carbocycles. The number of nitrogen functional groups attached to an aromatic ring is 1. The Balaban J connectivity index is 2.28. The molecule has 0 aliphatic rings. The summed E-state index contributed by atoms with van der Waals surface area (Å²) in [5.41, 5.74) is 6.44. The second-order valence-electron chi connectivity index (χ2n) is 4.21. The number of anilines is 3. The van der Waals surface area contributed by atoms with Gasteiger partial charge in [0.2, 0.25) is 5.88 Å². The molecule has 0 radical (unpaired) electrons. The number of nitrogens with zero attached hydrogens (tertiary/aromatic N) is 2. The van der Waals surface area contributed by atoms with Crippen molar-refractivity contribution in [3.8, 4) is 5.88 Å². The highest BCUT2D eigenvalue weighted by Crippen LogP contribution is 2.28. The summed E-state index contributed by atoms with van der Waals surface area (Å²) in [7, 11) is 0. The first-order valence-electron chi connectivity index (χ1n) is 5.86. The van der Waals surface area contributed by atoms with E-state index in [4.69, 9.17) is 10.5 Å². The molecule has 0 unspecified atom stereocenters. The molecule has 0 saturated carbocycles. The number of benzene rings is 1. The summed E-state index contributed by atoms with van der Waals surface area (Å²) in [6.45, 7) is 3.73. The Labute approximate surface area is 110 Å². The molecule has 5 nitrogen and oxygen atoms in total. The Morgan fingerprint density at radius 2 is 2.00 bits per heavy atom. The third kappa shape index (κ3) is 3.09. The van der Waals surface area contributed by atoms with Crippen LogP contribution in [-0.4, -0.2) is 16.1 Å². The number of nitrogens with two attached hydrogens (primary N) is 1. The molecular weight excluding hydrogens is 247 g/mol. The van der Waals surface area contributed by atoms with Crippen molar-refractivity contribution in [2.75, 3.05) is 11.1 Å². The highest BCUT2D eigenvalue weighted by molar-refractivity contribution is 5.72. The fourth-order valence-corrected chi connectivity index (χ4v) is 1.49. The lowest BCUT2D eigenvalue weighted by atomic mass is 10.3. The number of aromatic nitrogens is 2. The number of ether oxygens (including phenoxy) is 1. The minimum Gasteiger partial charge on any atom is -0.473 e. The topological polar surface area (TPSA) is 73.1 Å². The average Bonchev–Trinajstić information content (AvgIpc) is 2.36. The van der Waals surface area contributed by atoms with Crippen molar-refractivity contribution in [3.63, 3.8) is 0 Å². The van der Waals surface area contributed by atoms with Gasteiger partial charge in [-0.2, -0.15) is 4.98 Å². The minimum atomic E-state index is -0.383. The van der Waals surface area contributed by atoms with E-state index in [1.54, 1.807) is 18.2 Å². The van der Waals surface area contributed by atoms with Crippen molar-refractivity contribution in [1.29, 1.82) is 0 Å². The maximum atomic E-state index is 13.5. The monoisotopic (exact) mass is 262 g/mol. The van der Waals surface area contributed by atoms with Gasteiger partial charge in [-0.1, -0.05) is 12.1 Å². The van der Waals surface area contributed by atoms with E-state index in [-0.39, 0.29) is 23.5 Å². The molecule has 0 aliphatic carbocycles.